The summed E-state index contributed by atoms with van der Waals surface area (Å²) < 4.78 is 38.6. The van der Waals surface area contributed by atoms with Crippen LogP contribution in [-0.4, -0.2) is 20.0 Å². The molecule has 0 saturated heterocycles. The molecule has 0 heterocycles. The van der Waals surface area contributed by atoms with E-state index in [-0.39, 0.29) is 11.7 Å². The Hall–Kier alpha value is -2.95. The maximum absolute atomic E-state index is 14.3. The van der Waals surface area contributed by atoms with Crippen molar-refractivity contribution in [3.8, 4) is 11.5 Å². The van der Waals surface area contributed by atoms with Gasteiger partial charge in [0.15, 0.2) is 5.78 Å². The minimum atomic E-state index is -0.454. The zero-order valence-electron chi connectivity index (χ0n) is 16.1. The van der Waals surface area contributed by atoms with Gasteiger partial charge in [-0.15, -0.1) is 0 Å². The molecule has 2 aromatic rings. The number of ether oxygens (including phenoxy) is 2. The van der Waals surface area contributed by atoms with E-state index in [1.807, 2.05) is 6.92 Å². The number of allylic oxidation sites excluding steroid dienone is 2. The summed E-state index contributed by atoms with van der Waals surface area (Å²) in [6.45, 7) is 1.94. The topological polar surface area (TPSA) is 35.5 Å². The van der Waals surface area contributed by atoms with E-state index in [4.69, 9.17) is 9.47 Å². The van der Waals surface area contributed by atoms with E-state index in [1.165, 1.54) is 26.4 Å². The zero-order chi connectivity index (χ0) is 20.3. The summed E-state index contributed by atoms with van der Waals surface area (Å²) in [7, 11) is 2.93. The maximum Gasteiger partial charge on any atom is 0.185 e. The highest BCUT2D eigenvalue weighted by Gasteiger charge is 2.27. The van der Waals surface area contributed by atoms with Crippen LogP contribution in [0.2, 0.25) is 0 Å². The molecule has 3 nitrogen and oxygen atoms in total. The number of carbonyl (C=O) groups excluding carboxylic acids is 1. The van der Waals surface area contributed by atoms with E-state index >= 15 is 0 Å². The largest absolute Gasteiger partial charge is 0.497 e. The minimum absolute atomic E-state index is 0.00753. The predicted octanol–water partition coefficient (Wildman–Crippen LogP) is 5.45. The van der Waals surface area contributed by atoms with Crippen molar-refractivity contribution in [2.24, 2.45) is 5.92 Å². The fourth-order valence-electron chi connectivity index (χ4n) is 3.25. The Bertz CT molecular complexity index is 960. The number of hydrogen-bond donors (Lipinski definition) is 0. The van der Waals surface area contributed by atoms with E-state index in [2.05, 4.69) is 0 Å². The Kier molecular flexibility index (Phi) is 5.93. The fourth-order valence-corrected chi connectivity index (χ4v) is 3.25. The van der Waals surface area contributed by atoms with Crippen molar-refractivity contribution in [1.82, 2.24) is 0 Å². The number of hydrogen-bond acceptors (Lipinski definition) is 3. The van der Waals surface area contributed by atoms with E-state index in [1.54, 1.807) is 36.4 Å². The molecule has 1 aliphatic rings. The summed E-state index contributed by atoms with van der Waals surface area (Å²) in [5.41, 5.74) is 1.69. The van der Waals surface area contributed by atoms with Crippen LogP contribution in [0.3, 0.4) is 0 Å². The lowest BCUT2D eigenvalue weighted by molar-refractivity contribution is -0.113. The second kappa shape index (κ2) is 8.38. The van der Waals surface area contributed by atoms with Gasteiger partial charge >= 0.3 is 0 Å². The third-order valence-corrected chi connectivity index (χ3v) is 4.99. The van der Waals surface area contributed by atoms with Gasteiger partial charge in [-0.25, -0.2) is 8.78 Å². The average Bonchev–Trinajstić information content (AvgIpc) is 2.69. The molecule has 0 bridgehead atoms. The zero-order valence-corrected chi connectivity index (χ0v) is 16.1. The number of halogens is 2. The monoisotopic (exact) mass is 384 g/mol. The van der Waals surface area contributed by atoms with Gasteiger partial charge in [-0.05, 0) is 55.2 Å². The molecule has 1 fully saturated rings. The molecule has 5 heteroatoms. The Balaban J connectivity index is 1.95. The first kappa shape index (κ1) is 19.8. The van der Waals surface area contributed by atoms with Gasteiger partial charge in [0, 0.05) is 34.4 Å². The summed E-state index contributed by atoms with van der Waals surface area (Å²) in [5.74, 6) is -0.262. The van der Waals surface area contributed by atoms with Crippen LogP contribution in [0.15, 0.2) is 47.5 Å². The third-order valence-electron chi connectivity index (χ3n) is 4.99. The Morgan fingerprint density at radius 3 is 1.96 bits per heavy atom. The number of ketones is 1. The first-order valence-corrected chi connectivity index (χ1v) is 9.07. The number of methoxy groups -OCH3 is 2. The highest BCUT2D eigenvalue weighted by atomic mass is 19.1. The highest BCUT2D eigenvalue weighted by Crippen LogP contribution is 2.33. The number of benzene rings is 2. The second-order valence-electron chi connectivity index (χ2n) is 6.81. The lowest BCUT2D eigenvalue weighted by atomic mass is 9.80. The molecule has 0 aliphatic heterocycles. The first-order valence-electron chi connectivity index (χ1n) is 9.07. The Morgan fingerprint density at radius 1 is 0.929 bits per heavy atom. The molecule has 0 aromatic heterocycles. The standard InChI is InChI=1S/C23H22F2O3/c1-14-4-5-17(10-15-6-8-18(27-2)12-21(15)24)23(26)20(14)11-16-7-9-19(28-3)13-22(16)25/h6-14H,4-5H2,1-3H3/b17-10+,20-11+/t14-/m1/s1. The van der Waals surface area contributed by atoms with Crippen LogP contribution in [0.5, 0.6) is 11.5 Å². The fraction of sp³-hybridized carbons (Fsp3) is 0.261. The Morgan fingerprint density at radius 2 is 1.46 bits per heavy atom. The van der Waals surface area contributed by atoms with E-state index in [0.29, 0.717) is 40.2 Å². The van der Waals surface area contributed by atoms with Gasteiger partial charge < -0.3 is 9.47 Å². The van der Waals surface area contributed by atoms with Crippen LogP contribution in [0.4, 0.5) is 8.78 Å². The van der Waals surface area contributed by atoms with Gasteiger partial charge in [-0.3, -0.25) is 4.79 Å². The van der Waals surface area contributed by atoms with Crippen molar-refractivity contribution in [3.05, 3.63) is 70.3 Å². The molecule has 2 aromatic carbocycles. The number of Topliss-reactive ketones (excluding diaryl/α,β-unsaturated/α-hetero) is 1. The van der Waals surface area contributed by atoms with Gasteiger partial charge in [0.05, 0.1) is 14.2 Å². The minimum Gasteiger partial charge on any atom is -0.497 e. The summed E-state index contributed by atoms with van der Waals surface area (Å²) in [4.78, 5) is 13.0. The van der Waals surface area contributed by atoms with Gasteiger partial charge in [-0.2, -0.15) is 0 Å². The molecule has 1 saturated carbocycles. The number of rotatable bonds is 4. The van der Waals surface area contributed by atoms with Gasteiger partial charge in [0.1, 0.15) is 23.1 Å². The number of carbonyl (C=O) groups is 1. The quantitative estimate of drug-likeness (QED) is 0.658. The molecule has 0 radical (unpaired) electrons. The van der Waals surface area contributed by atoms with Crippen LogP contribution >= 0.6 is 0 Å². The van der Waals surface area contributed by atoms with Crippen molar-refractivity contribution in [1.29, 1.82) is 0 Å². The van der Waals surface area contributed by atoms with Crippen molar-refractivity contribution < 1.29 is 23.0 Å². The van der Waals surface area contributed by atoms with Gasteiger partial charge in [-0.1, -0.05) is 6.92 Å². The van der Waals surface area contributed by atoms with E-state index < -0.39 is 11.6 Å². The SMILES string of the molecule is COc1ccc(/C=C2\CC[C@@H](C)/C(=C\c3ccc(OC)cc3F)C2=O)c(F)c1. The molecule has 146 valence electrons. The highest BCUT2D eigenvalue weighted by molar-refractivity contribution is 6.14. The molecule has 28 heavy (non-hydrogen) atoms. The third kappa shape index (κ3) is 4.14. The molecule has 1 aliphatic carbocycles. The molecule has 0 amide bonds. The maximum atomic E-state index is 14.3. The molecule has 0 N–H and O–H groups in total. The lowest BCUT2D eigenvalue weighted by Gasteiger charge is -2.23. The van der Waals surface area contributed by atoms with Crippen molar-refractivity contribution in [3.63, 3.8) is 0 Å². The molecule has 0 unspecified atom stereocenters. The molecule has 3 rings (SSSR count). The second-order valence-corrected chi connectivity index (χ2v) is 6.81. The van der Waals surface area contributed by atoms with Crippen LogP contribution in [0.25, 0.3) is 12.2 Å². The average molecular weight is 384 g/mol. The van der Waals surface area contributed by atoms with Crippen LogP contribution in [0, 0.1) is 17.6 Å². The van der Waals surface area contributed by atoms with Gasteiger partial charge in [0.2, 0.25) is 0 Å². The molecule has 1 atom stereocenters. The van der Waals surface area contributed by atoms with Crippen molar-refractivity contribution in [2.45, 2.75) is 19.8 Å². The lowest BCUT2D eigenvalue weighted by Crippen LogP contribution is -2.19. The van der Waals surface area contributed by atoms with Crippen molar-refractivity contribution in [2.75, 3.05) is 14.2 Å². The predicted molar refractivity (Wildman–Crippen MR) is 105 cm³/mol. The Labute approximate surface area is 163 Å². The van der Waals surface area contributed by atoms with Crippen LogP contribution < -0.4 is 9.47 Å². The summed E-state index contributed by atoms with van der Waals surface area (Å²) >= 11 is 0. The summed E-state index contributed by atoms with van der Waals surface area (Å²) in [5, 5.41) is 0. The summed E-state index contributed by atoms with van der Waals surface area (Å²) in [6, 6.07) is 9.03. The molecular weight excluding hydrogens is 362 g/mol. The van der Waals surface area contributed by atoms with Crippen LogP contribution in [0.1, 0.15) is 30.9 Å². The smallest absolute Gasteiger partial charge is 0.185 e. The summed E-state index contributed by atoms with van der Waals surface area (Å²) in [6.07, 6.45) is 4.44. The van der Waals surface area contributed by atoms with Crippen molar-refractivity contribution >= 4 is 17.9 Å². The van der Waals surface area contributed by atoms with E-state index in [0.717, 1.165) is 6.42 Å². The molecular formula is C23H22F2O3. The normalized spacial score (nSPS) is 19.9. The van der Waals surface area contributed by atoms with E-state index in [9.17, 15) is 13.6 Å². The molecule has 0 spiro atoms. The van der Waals surface area contributed by atoms with Gasteiger partial charge in [0.25, 0.3) is 0 Å². The van der Waals surface area contributed by atoms with Crippen LogP contribution in [-0.2, 0) is 4.79 Å². The first-order chi connectivity index (χ1) is 13.4.